The molecule has 1 aromatic carbocycles. The molecule has 0 amide bonds. The van der Waals surface area contributed by atoms with Crippen LogP contribution in [0.5, 0.6) is 0 Å². The average Bonchev–Trinajstić information content (AvgIpc) is 2.33. The van der Waals surface area contributed by atoms with E-state index in [0.29, 0.717) is 28.7 Å². The maximum Gasteiger partial charge on any atom is 0.243 e. The zero-order valence-electron chi connectivity index (χ0n) is 10.8. The van der Waals surface area contributed by atoms with Crippen LogP contribution in [0.2, 0.25) is 0 Å². The summed E-state index contributed by atoms with van der Waals surface area (Å²) < 4.78 is 27.0. The van der Waals surface area contributed by atoms with Gasteiger partial charge in [-0.1, -0.05) is 29.8 Å². The summed E-state index contributed by atoms with van der Waals surface area (Å²) in [6, 6.07) is 3.27. The Kier molecular flexibility index (Phi) is 5.33. The van der Waals surface area contributed by atoms with Crippen LogP contribution >= 0.6 is 15.9 Å². The Hall–Kier alpha value is -0.430. The molecule has 0 atom stereocenters. The molecule has 1 aromatic rings. The van der Waals surface area contributed by atoms with Crippen molar-refractivity contribution in [2.45, 2.75) is 32.3 Å². The van der Waals surface area contributed by atoms with E-state index in [9.17, 15) is 8.42 Å². The molecule has 0 aromatic heterocycles. The van der Waals surface area contributed by atoms with Crippen LogP contribution in [0.3, 0.4) is 0 Å². The van der Waals surface area contributed by atoms with E-state index in [2.05, 4.69) is 15.9 Å². The molecule has 0 aliphatic carbocycles. The van der Waals surface area contributed by atoms with Gasteiger partial charge in [0.1, 0.15) is 0 Å². The van der Waals surface area contributed by atoms with E-state index in [1.807, 2.05) is 0 Å². The third-order valence-electron chi connectivity index (χ3n) is 2.86. The maximum atomic E-state index is 12.5. The molecule has 0 saturated carbocycles. The molecule has 6 heteroatoms. The first-order chi connectivity index (χ1) is 8.38. The van der Waals surface area contributed by atoms with Crippen molar-refractivity contribution in [1.82, 2.24) is 4.31 Å². The van der Waals surface area contributed by atoms with Crippen LogP contribution in [0.4, 0.5) is 0 Å². The largest absolute Gasteiger partial charge is 0.392 e. The van der Waals surface area contributed by atoms with Gasteiger partial charge in [-0.2, -0.15) is 4.31 Å². The van der Waals surface area contributed by atoms with E-state index < -0.39 is 10.0 Å². The first kappa shape index (κ1) is 15.6. The average molecular weight is 336 g/mol. The molecule has 102 valence electrons. The highest BCUT2D eigenvalue weighted by Gasteiger charge is 2.24. The lowest BCUT2D eigenvalue weighted by Gasteiger charge is -2.20. The van der Waals surface area contributed by atoms with Crippen LogP contribution in [0.15, 0.2) is 21.5 Å². The lowest BCUT2D eigenvalue weighted by molar-refractivity contribution is 0.281. The number of benzene rings is 1. The summed E-state index contributed by atoms with van der Waals surface area (Å²) in [4.78, 5) is 0.254. The maximum absolute atomic E-state index is 12.5. The fraction of sp³-hybridized carbons (Fsp3) is 0.500. The minimum atomic E-state index is -3.49. The quantitative estimate of drug-likeness (QED) is 0.897. The van der Waals surface area contributed by atoms with Crippen molar-refractivity contribution in [3.63, 3.8) is 0 Å². The van der Waals surface area contributed by atoms with Gasteiger partial charge in [-0.05, 0) is 30.2 Å². The standard InChI is InChI=1S/C12H18BrNO3S/c1-4-14(5-2)18(16,17)12-7-10(8-15)6-11(13)9(12)3/h6-7,15H,4-5,8H2,1-3H3. The smallest absolute Gasteiger partial charge is 0.243 e. The summed E-state index contributed by atoms with van der Waals surface area (Å²) in [5.41, 5.74) is 1.25. The van der Waals surface area contributed by atoms with Gasteiger partial charge < -0.3 is 5.11 Å². The second-order valence-electron chi connectivity index (χ2n) is 3.95. The number of aliphatic hydroxyl groups is 1. The Morgan fingerprint density at radius 2 is 1.83 bits per heavy atom. The number of halogens is 1. The monoisotopic (exact) mass is 335 g/mol. The Bertz CT molecular complexity index is 524. The summed E-state index contributed by atoms with van der Waals surface area (Å²) >= 11 is 3.33. The molecule has 1 N–H and O–H groups in total. The summed E-state index contributed by atoms with van der Waals surface area (Å²) in [7, 11) is -3.49. The van der Waals surface area contributed by atoms with E-state index in [1.54, 1.807) is 26.8 Å². The van der Waals surface area contributed by atoms with E-state index in [1.165, 1.54) is 10.4 Å². The number of hydrogen-bond donors (Lipinski definition) is 1. The van der Waals surface area contributed by atoms with E-state index in [-0.39, 0.29) is 11.5 Å². The van der Waals surface area contributed by atoms with Crippen LogP contribution in [0.1, 0.15) is 25.0 Å². The zero-order valence-corrected chi connectivity index (χ0v) is 13.2. The molecule has 0 heterocycles. The number of sulfonamides is 1. The predicted molar refractivity (Wildman–Crippen MR) is 74.9 cm³/mol. The molecule has 0 aliphatic rings. The summed E-state index contributed by atoms with van der Waals surface area (Å²) in [5, 5.41) is 9.17. The minimum Gasteiger partial charge on any atom is -0.392 e. The molecule has 0 aliphatic heterocycles. The van der Waals surface area contributed by atoms with Crippen molar-refractivity contribution in [3.05, 3.63) is 27.7 Å². The molecule has 0 bridgehead atoms. The Balaban J connectivity index is 3.45. The first-order valence-electron chi connectivity index (χ1n) is 5.78. The van der Waals surface area contributed by atoms with Crippen molar-refractivity contribution in [2.75, 3.05) is 13.1 Å². The third-order valence-corrected chi connectivity index (χ3v) is 5.86. The highest BCUT2D eigenvalue weighted by molar-refractivity contribution is 9.10. The highest BCUT2D eigenvalue weighted by atomic mass is 79.9. The lowest BCUT2D eigenvalue weighted by atomic mass is 10.2. The Labute approximate surface area is 117 Å². The predicted octanol–water partition coefficient (Wildman–Crippen LogP) is 2.28. The molecule has 0 fully saturated rings. The van der Waals surface area contributed by atoms with Crippen LogP contribution < -0.4 is 0 Å². The van der Waals surface area contributed by atoms with E-state index >= 15 is 0 Å². The molecule has 1 rings (SSSR count). The number of nitrogens with zero attached hydrogens (tertiary/aromatic N) is 1. The second-order valence-corrected chi connectivity index (χ2v) is 6.71. The van der Waals surface area contributed by atoms with Crippen molar-refractivity contribution >= 4 is 26.0 Å². The van der Waals surface area contributed by atoms with Gasteiger partial charge in [-0.25, -0.2) is 8.42 Å². The van der Waals surface area contributed by atoms with E-state index in [0.717, 1.165) is 0 Å². The topological polar surface area (TPSA) is 57.6 Å². The Morgan fingerprint density at radius 1 is 1.28 bits per heavy atom. The molecule has 4 nitrogen and oxygen atoms in total. The summed E-state index contributed by atoms with van der Waals surface area (Å²) in [5.74, 6) is 0. The molecular formula is C12H18BrNO3S. The van der Waals surface area contributed by atoms with Crippen molar-refractivity contribution in [3.8, 4) is 0 Å². The van der Waals surface area contributed by atoms with Crippen molar-refractivity contribution in [1.29, 1.82) is 0 Å². The fourth-order valence-electron chi connectivity index (χ4n) is 1.77. The number of hydrogen-bond acceptors (Lipinski definition) is 3. The highest BCUT2D eigenvalue weighted by Crippen LogP contribution is 2.28. The van der Waals surface area contributed by atoms with Crippen molar-refractivity contribution in [2.24, 2.45) is 0 Å². The lowest BCUT2D eigenvalue weighted by Crippen LogP contribution is -2.31. The number of aliphatic hydroxyl groups excluding tert-OH is 1. The minimum absolute atomic E-state index is 0.181. The molecule has 0 saturated heterocycles. The molecule has 0 spiro atoms. The van der Waals surface area contributed by atoms with Gasteiger partial charge in [-0.15, -0.1) is 0 Å². The third kappa shape index (κ3) is 2.93. The second kappa shape index (κ2) is 6.14. The molecule has 0 radical (unpaired) electrons. The van der Waals surface area contributed by atoms with Crippen LogP contribution in [0.25, 0.3) is 0 Å². The van der Waals surface area contributed by atoms with Crippen molar-refractivity contribution < 1.29 is 13.5 Å². The fourth-order valence-corrected chi connectivity index (χ4v) is 4.16. The van der Waals surface area contributed by atoms with Gasteiger partial charge >= 0.3 is 0 Å². The Morgan fingerprint density at radius 3 is 2.28 bits per heavy atom. The van der Waals surface area contributed by atoms with Gasteiger partial charge in [0.2, 0.25) is 10.0 Å². The molecule has 18 heavy (non-hydrogen) atoms. The molecule has 0 unspecified atom stereocenters. The van der Waals surface area contributed by atoms with Gasteiger partial charge in [0, 0.05) is 17.6 Å². The van der Waals surface area contributed by atoms with Gasteiger partial charge in [0.25, 0.3) is 0 Å². The first-order valence-corrected chi connectivity index (χ1v) is 8.01. The normalized spacial score (nSPS) is 12.1. The van der Waals surface area contributed by atoms with Crippen LogP contribution in [-0.2, 0) is 16.6 Å². The van der Waals surface area contributed by atoms with Gasteiger partial charge in [0.15, 0.2) is 0 Å². The molecular weight excluding hydrogens is 318 g/mol. The zero-order chi connectivity index (χ0) is 13.9. The van der Waals surface area contributed by atoms with Gasteiger partial charge in [0.05, 0.1) is 11.5 Å². The van der Waals surface area contributed by atoms with Crippen LogP contribution in [-0.4, -0.2) is 30.9 Å². The number of rotatable bonds is 5. The summed E-state index contributed by atoms with van der Waals surface area (Å²) in [6.07, 6.45) is 0. The van der Waals surface area contributed by atoms with Gasteiger partial charge in [-0.3, -0.25) is 0 Å². The van der Waals surface area contributed by atoms with Crippen LogP contribution in [0, 0.1) is 6.92 Å². The van der Waals surface area contributed by atoms with E-state index in [4.69, 9.17) is 5.11 Å². The SMILES string of the molecule is CCN(CC)S(=O)(=O)c1cc(CO)cc(Br)c1C. The summed E-state index contributed by atoms with van der Waals surface area (Å²) in [6.45, 7) is 6.04.